The molecule has 0 saturated carbocycles. The number of benzene rings is 3. The van der Waals surface area contributed by atoms with Gasteiger partial charge in [0.15, 0.2) is 0 Å². The first-order valence-corrected chi connectivity index (χ1v) is 10.4. The smallest absolute Gasteiger partial charge is 0.258 e. The summed E-state index contributed by atoms with van der Waals surface area (Å²) in [6, 6.07) is 23.9. The van der Waals surface area contributed by atoms with Gasteiger partial charge in [0.05, 0.1) is 6.54 Å². The molecule has 3 aromatic carbocycles. The van der Waals surface area contributed by atoms with Gasteiger partial charge in [-0.1, -0.05) is 36.9 Å². The lowest BCUT2D eigenvalue weighted by molar-refractivity contribution is -0.114. The van der Waals surface area contributed by atoms with Crippen LogP contribution in [0, 0.1) is 0 Å². The molecule has 0 atom stereocenters. The highest BCUT2D eigenvalue weighted by atomic mass is 16.5. The van der Waals surface area contributed by atoms with Gasteiger partial charge < -0.3 is 20.3 Å². The van der Waals surface area contributed by atoms with E-state index in [1.54, 1.807) is 47.4 Å². The Morgan fingerprint density at radius 1 is 0.969 bits per heavy atom. The van der Waals surface area contributed by atoms with Crippen LogP contribution in [0.3, 0.4) is 0 Å². The summed E-state index contributed by atoms with van der Waals surface area (Å²) in [6.07, 6.45) is 1.66. The fourth-order valence-corrected chi connectivity index (χ4v) is 3.14. The van der Waals surface area contributed by atoms with Crippen molar-refractivity contribution < 1.29 is 14.3 Å². The molecule has 6 heteroatoms. The summed E-state index contributed by atoms with van der Waals surface area (Å²) in [7, 11) is 0. The van der Waals surface area contributed by atoms with Crippen LogP contribution in [0.15, 0.2) is 91.5 Å². The Hall–Kier alpha value is -4.06. The first-order valence-electron chi connectivity index (χ1n) is 10.4. The molecule has 0 fully saturated rings. The molecule has 0 saturated heterocycles. The van der Waals surface area contributed by atoms with Crippen molar-refractivity contribution in [3.63, 3.8) is 0 Å². The summed E-state index contributed by atoms with van der Waals surface area (Å²) in [5.74, 6) is 0.404. The number of amides is 2. The highest BCUT2D eigenvalue weighted by Gasteiger charge is 2.15. The van der Waals surface area contributed by atoms with Crippen LogP contribution >= 0.6 is 0 Å². The molecule has 164 valence electrons. The third kappa shape index (κ3) is 6.22. The van der Waals surface area contributed by atoms with Crippen LogP contribution in [0.5, 0.6) is 5.75 Å². The molecule has 0 radical (unpaired) electrons. The van der Waals surface area contributed by atoms with Gasteiger partial charge in [-0.25, -0.2) is 0 Å². The number of anilines is 3. The minimum atomic E-state index is -0.188. The predicted molar refractivity (Wildman–Crippen MR) is 129 cm³/mol. The van der Waals surface area contributed by atoms with Crippen LogP contribution in [0.4, 0.5) is 17.1 Å². The summed E-state index contributed by atoms with van der Waals surface area (Å²) in [5, 5.41) is 5.90. The summed E-state index contributed by atoms with van der Waals surface area (Å²) in [5.41, 5.74) is 2.85. The Morgan fingerprint density at radius 3 is 2.41 bits per heavy atom. The zero-order chi connectivity index (χ0) is 22.8. The standard InChI is InChI=1S/C26H27N3O3/c1-3-17-32-24-12-8-9-22(18-24)28-25(30)19-27-21-15-13-20(14-16-21)26(31)29(4-2)23-10-6-5-7-11-23/h3,5-16,18,27H,1,4,17,19H2,2H3,(H,28,30). The number of hydrogen-bond donors (Lipinski definition) is 2. The van der Waals surface area contributed by atoms with E-state index in [9.17, 15) is 9.59 Å². The number of carbonyl (C=O) groups is 2. The van der Waals surface area contributed by atoms with E-state index in [-0.39, 0.29) is 18.4 Å². The van der Waals surface area contributed by atoms with Gasteiger partial charge in [-0.15, -0.1) is 0 Å². The van der Waals surface area contributed by atoms with Gasteiger partial charge >= 0.3 is 0 Å². The van der Waals surface area contributed by atoms with Crippen LogP contribution < -0.4 is 20.3 Å². The molecule has 0 aromatic heterocycles. The van der Waals surface area contributed by atoms with E-state index in [1.807, 2.05) is 49.4 Å². The predicted octanol–water partition coefficient (Wildman–Crippen LogP) is 4.97. The van der Waals surface area contributed by atoms with E-state index in [4.69, 9.17) is 4.74 Å². The van der Waals surface area contributed by atoms with Crippen LogP contribution in [-0.4, -0.2) is 31.5 Å². The monoisotopic (exact) mass is 429 g/mol. The molecule has 0 heterocycles. The number of nitrogens with one attached hydrogen (secondary N) is 2. The van der Waals surface area contributed by atoms with Gasteiger partial charge in [0.2, 0.25) is 5.91 Å². The van der Waals surface area contributed by atoms with Gasteiger partial charge in [-0.2, -0.15) is 0 Å². The molecule has 0 aliphatic heterocycles. The number of nitrogens with zero attached hydrogens (tertiary/aromatic N) is 1. The van der Waals surface area contributed by atoms with Crippen LogP contribution in [0.1, 0.15) is 17.3 Å². The lowest BCUT2D eigenvalue weighted by Crippen LogP contribution is -2.30. The molecule has 0 aliphatic rings. The van der Waals surface area contributed by atoms with Gasteiger partial charge in [-0.05, 0) is 55.5 Å². The average Bonchev–Trinajstić information content (AvgIpc) is 2.83. The van der Waals surface area contributed by atoms with Gasteiger partial charge in [0, 0.05) is 35.2 Å². The van der Waals surface area contributed by atoms with Gasteiger partial charge in [0.1, 0.15) is 12.4 Å². The average molecular weight is 430 g/mol. The number of hydrogen-bond acceptors (Lipinski definition) is 4. The Morgan fingerprint density at radius 2 is 1.72 bits per heavy atom. The quantitative estimate of drug-likeness (QED) is 0.447. The second kappa shape index (κ2) is 11.4. The summed E-state index contributed by atoms with van der Waals surface area (Å²) in [4.78, 5) is 26.9. The fraction of sp³-hybridized carbons (Fsp3) is 0.154. The highest BCUT2D eigenvalue weighted by Crippen LogP contribution is 2.19. The topological polar surface area (TPSA) is 70.7 Å². The van der Waals surface area contributed by atoms with Crippen LogP contribution in [0.2, 0.25) is 0 Å². The number of ether oxygens (including phenoxy) is 1. The molecule has 6 nitrogen and oxygen atoms in total. The first-order chi connectivity index (χ1) is 15.6. The van der Waals surface area contributed by atoms with Crippen LogP contribution in [-0.2, 0) is 4.79 Å². The lowest BCUT2D eigenvalue weighted by atomic mass is 10.1. The second-order valence-electron chi connectivity index (χ2n) is 6.99. The fourth-order valence-electron chi connectivity index (χ4n) is 3.14. The molecule has 2 N–H and O–H groups in total. The minimum absolute atomic E-state index is 0.0680. The Kier molecular flexibility index (Phi) is 8.03. The van der Waals surface area contributed by atoms with Gasteiger partial charge in [-0.3, -0.25) is 9.59 Å². The van der Waals surface area contributed by atoms with Crippen molar-refractivity contribution in [1.29, 1.82) is 0 Å². The normalized spacial score (nSPS) is 10.2. The van der Waals surface area contributed by atoms with E-state index >= 15 is 0 Å². The van der Waals surface area contributed by atoms with Crippen molar-refractivity contribution in [2.45, 2.75) is 6.92 Å². The van der Waals surface area contributed by atoms with E-state index < -0.39 is 0 Å². The molecule has 3 aromatic rings. The van der Waals surface area contributed by atoms with E-state index in [1.165, 1.54) is 0 Å². The number of rotatable bonds is 10. The largest absolute Gasteiger partial charge is 0.489 e. The molecular weight excluding hydrogens is 402 g/mol. The molecule has 2 amide bonds. The number of para-hydroxylation sites is 1. The minimum Gasteiger partial charge on any atom is -0.489 e. The molecule has 0 aliphatic carbocycles. The van der Waals surface area contributed by atoms with Gasteiger partial charge in [0.25, 0.3) is 5.91 Å². The molecule has 0 unspecified atom stereocenters. The highest BCUT2D eigenvalue weighted by molar-refractivity contribution is 6.06. The van der Waals surface area contributed by atoms with Crippen LogP contribution in [0.25, 0.3) is 0 Å². The van der Waals surface area contributed by atoms with Crippen molar-refractivity contribution in [1.82, 2.24) is 0 Å². The third-order valence-corrected chi connectivity index (χ3v) is 4.70. The summed E-state index contributed by atoms with van der Waals surface area (Å²) >= 11 is 0. The maximum Gasteiger partial charge on any atom is 0.258 e. The first kappa shape index (κ1) is 22.6. The summed E-state index contributed by atoms with van der Waals surface area (Å²) < 4.78 is 5.47. The molecule has 3 rings (SSSR count). The SMILES string of the molecule is C=CCOc1cccc(NC(=O)CNc2ccc(C(=O)N(CC)c3ccccc3)cc2)c1. The lowest BCUT2D eigenvalue weighted by Gasteiger charge is -2.21. The Labute approximate surface area is 188 Å². The molecule has 0 spiro atoms. The zero-order valence-corrected chi connectivity index (χ0v) is 18.1. The second-order valence-corrected chi connectivity index (χ2v) is 6.99. The van der Waals surface area contributed by atoms with E-state index in [2.05, 4.69) is 17.2 Å². The maximum absolute atomic E-state index is 12.9. The number of carbonyl (C=O) groups excluding carboxylic acids is 2. The van der Waals surface area contributed by atoms with Crippen molar-refractivity contribution in [2.75, 3.05) is 35.2 Å². The van der Waals surface area contributed by atoms with Crippen molar-refractivity contribution in [2.24, 2.45) is 0 Å². The molecule has 0 bridgehead atoms. The molecular formula is C26H27N3O3. The van der Waals surface area contributed by atoms with Crippen molar-refractivity contribution in [3.8, 4) is 5.75 Å². The maximum atomic E-state index is 12.9. The zero-order valence-electron chi connectivity index (χ0n) is 18.1. The van der Waals surface area contributed by atoms with E-state index in [0.717, 1.165) is 11.4 Å². The Balaban J connectivity index is 1.55. The Bertz CT molecular complexity index is 1050. The summed E-state index contributed by atoms with van der Waals surface area (Å²) in [6.45, 7) is 6.63. The van der Waals surface area contributed by atoms with Crippen molar-refractivity contribution in [3.05, 3.63) is 97.1 Å². The van der Waals surface area contributed by atoms with E-state index in [0.29, 0.717) is 30.2 Å². The third-order valence-electron chi connectivity index (χ3n) is 4.70. The van der Waals surface area contributed by atoms with Crippen molar-refractivity contribution >= 4 is 28.9 Å². The molecule has 32 heavy (non-hydrogen) atoms.